The van der Waals surface area contributed by atoms with Gasteiger partial charge in [0.15, 0.2) is 0 Å². The highest BCUT2D eigenvalue weighted by molar-refractivity contribution is 6.51. The molecule has 0 radical (unpaired) electrons. The fourth-order valence-corrected chi connectivity index (χ4v) is 3.04. The molecule has 0 unspecified atom stereocenters. The Kier molecular flexibility index (Phi) is 2.86. The largest absolute Gasteiger partial charge is 0.477 e. The minimum Gasteiger partial charge on any atom is -0.477 e. The zero-order valence-corrected chi connectivity index (χ0v) is 11.2. The molecule has 4 nitrogen and oxygen atoms in total. The lowest BCUT2D eigenvalue weighted by atomic mass is 9.75. The number of aldehydes is 1. The van der Waals surface area contributed by atoms with Gasteiger partial charge < -0.3 is 10.1 Å². The van der Waals surface area contributed by atoms with Gasteiger partial charge in [0.25, 0.3) is 0 Å². The summed E-state index contributed by atoms with van der Waals surface area (Å²) in [6, 6.07) is 0. The molecule has 1 heterocycles. The fraction of sp³-hybridized carbons (Fsp3) is 0.385. The number of aromatic carboxylic acids is 1. The van der Waals surface area contributed by atoms with Crippen LogP contribution in [0, 0.1) is 12.3 Å². The van der Waals surface area contributed by atoms with Gasteiger partial charge in [-0.15, -0.1) is 0 Å². The first-order valence-electron chi connectivity index (χ1n) is 5.60. The molecule has 2 rings (SSSR count). The SMILES string of the molecule is Cc1c(C(=O)O)[nH]c2c1C(Cl)=C(C=O)C(C)(C)C2. The van der Waals surface area contributed by atoms with Gasteiger partial charge in [-0.1, -0.05) is 25.4 Å². The Bertz CT molecular complexity index is 581. The number of hydrogen-bond donors (Lipinski definition) is 2. The summed E-state index contributed by atoms with van der Waals surface area (Å²) in [5.74, 6) is -1.02. The molecular weight excluding hydrogens is 254 g/mol. The second-order valence-electron chi connectivity index (χ2n) is 5.19. The maximum Gasteiger partial charge on any atom is 0.352 e. The Labute approximate surface area is 110 Å². The summed E-state index contributed by atoms with van der Waals surface area (Å²) in [5, 5.41) is 9.45. The van der Waals surface area contributed by atoms with Gasteiger partial charge in [0, 0.05) is 16.8 Å². The van der Waals surface area contributed by atoms with Gasteiger partial charge >= 0.3 is 5.97 Å². The maximum atomic E-state index is 11.2. The van der Waals surface area contributed by atoms with Gasteiger partial charge in [0.1, 0.15) is 12.0 Å². The Morgan fingerprint density at radius 1 is 1.50 bits per heavy atom. The van der Waals surface area contributed by atoms with Crippen molar-refractivity contribution in [2.75, 3.05) is 0 Å². The number of fused-ring (bicyclic) bond motifs is 1. The number of rotatable bonds is 2. The molecule has 1 aromatic rings. The van der Waals surface area contributed by atoms with Crippen LogP contribution in [-0.2, 0) is 11.2 Å². The number of carboxylic acids is 1. The molecule has 0 aromatic carbocycles. The Morgan fingerprint density at radius 2 is 2.11 bits per heavy atom. The lowest BCUT2D eigenvalue weighted by molar-refractivity contribution is -0.105. The molecule has 5 heteroatoms. The third kappa shape index (κ3) is 1.68. The topological polar surface area (TPSA) is 70.2 Å². The van der Waals surface area contributed by atoms with E-state index in [-0.39, 0.29) is 11.1 Å². The van der Waals surface area contributed by atoms with Crippen LogP contribution < -0.4 is 0 Å². The standard InChI is InChI=1S/C13H14ClNO3/c1-6-9-8(15-11(6)12(17)18)4-13(2,3)7(5-16)10(9)14/h5,15H,4H2,1-3H3,(H,17,18). The molecule has 2 N–H and O–H groups in total. The van der Waals surface area contributed by atoms with E-state index >= 15 is 0 Å². The van der Waals surface area contributed by atoms with Crippen molar-refractivity contribution in [3.05, 3.63) is 28.1 Å². The molecule has 0 fully saturated rings. The summed E-state index contributed by atoms with van der Waals surface area (Å²) in [4.78, 5) is 25.2. The van der Waals surface area contributed by atoms with Crippen molar-refractivity contribution in [1.82, 2.24) is 4.98 Å². The molecule has 0 spiro atoms. The zero-order chi connectivity index (χ0) is 13.7. The van der Waals surface area contributed by atoms with Crippen molar-refractivity contribution < 1.29 is 14.7 Å². The number of halogens is 1. The van der Waals surface area contributed by atoms with Gasteiger partial charge in [0.2, 0.25) is 0 Å². The summed E-state index contributed by atoms with van der Waals surface area (Å²) in [7, 11) is 0. The molecule has 18 heavy (non-hydrogen) atoms. The fourth-order valence-electron chi connectivity index (χ4n) is 2.48. The van der Waals surface area contributed by atoms with Crippen LogP contribution in [0.2, 0.25) is 0 Å². The highest BCUT2D eigenvalue weighted by Gasteiger charge is 2.36. The molecule has 0 aliphatic heterocycles. The quantitative estimate of drug-likeness (QED) is 0.810. The lowest BCUT2D eigenvalue weighted by Crippen LogP contribution is -2.24. The number of hydrogen-bond acceptors (Lipinski definition) is 2. The minimum absolute atomic E-state index is 0.140. The number of H-pyrrole nitrogens is 1. The highest BCUT2D eigenvalue weighted by Crippen LogP contribution is 2.44. The van der Waals surface area contributed by atoms with Crippen LogP contribution in [0.5, 0.6) is 0 Å². The van der Waals surface area contributed by atoms with E-state index in [0.717, 1.165) is 12.0 Å². The van der Waals surface area contributed by atoms with Crippen molar-refractivity contribution in [2.24, 2.45) is 5.41 Å². The number of nitrogens with one attached hydrogen (secondary N) is 1. The van der Waals surface area contributed by atoms with E-state index in [1.165, 1.54) is 0 Å². The van der Waals surface area contributed by atoms with E-state index < -0.39 is 5.97 Å². The van der Waals surface area contributed by atoms with Crippen LogP contribution in [0.15, 0.2) is 5.57 Å². The van der Waals surface area contributed by atoms with Crippen LogP contribution in [0.1, 0.15) is 41.2 Å². The first-order valence-corrected chi connectivity index (χ1v) is 5.98. The van der Waals surface area contributed by atoms with Crippen LogP contribution in [0.3, 0.4) is 0 Å². The number of aromatic amines is 1. The Hall–Kier alpha value is -1.55. The van der Waals surface area contributed by atoms with E-state index in [1.54, 1.807) is 6.92 Å². The van der Waals surface area contributed by atoms with E-state index in [1.807, 2.05) is 13.8 Å². The normalized spacial score (nSPS) is 17.6. The highest BCUT2D eigenvalue weighted by atomic mass is 35.5. The van der Waals surface area contributed by atoms with Gasteiger partial charge in [-0.05, 0) is 24.3 Å². The van der Waals surface area contributed by atoms with Gasteiger partial charge in [-0.3, -0.25) is 4.79 Å². The van der Waals surface area contributed by atoms with Gasteiger partial charge in [0.05, 0.1) is 5.03 Å². The molecular formula is C13H14ClNO3. The van der Waals surface area contributed by atoms with E-state index in [4.69, 9.17) is 16.7 Å². The average Bonchev–Trinajstić information content (AvgIpc) is 2.54. The smallest absolute Gasteiger partial charge is 0.352 e. The van der Waals surface area contributed by atoms with Crippen molar-refractivity contribution >= 4 is 28.9 Å². The predicted octanol–water partition coefficient (Wildman–Crippen LogP) is 2.75. The van der Waals surface area contributed by atoms with Crippen LogP contribution in [0.25, 0.3) is 5.03 Å². The molecule has 96 valence electrons. The van der Waals surface area contributed by atoms with Crippen molar-refractivity contribution in [1.29, 1.82) is 0 Å². The van der Waals surface area contributed by atoms with E-state index in [9.17, 15) is 9.59 Å². The number of aromatic nitrogens is 1. The van der Waals surface area contributed by atoms with Crippen LogP contribution >= 0.6 is 11.6 Å². The van der Waals surface area contributed by atoms with Crippen LogP contribution in [-0.4, -0.2) is 22.3 Å². The molecule has 1 aliphatic carbocycles. The summed E-state index contributed by atoms with van der Waals surface area (Å²) in [6.45, 7) is 5.53. The molecule has 1 aromatic heterocycles. The summed E-state index contributed by atoms with van der Waals surface area (Å²) in [5.41, 5.74) is 2.30. The molecule has 0 saturated heterocycles. The first-order chi connectivity index (χ1) is 8.29. The first kappa shape index (κ1) is 12.9. The average molecular weight is 268 g/mol. The second kappa shape index (κ2) is 3.99. The molecule has 0 amide bonds. The number of allylic oxidation sites excluding steroid dienone is 1. The third-order valence-electron chi connectivity index (χ3n) is 3.46. The van der Waals surface area contributed by atoms with E-state index in [2.05, 4.69) is 4.98 Å². The molecule has 1 aliphatic rings. The zero-order valence-electron chi connectivity index (χ0n) is 10.4. The number of carbonyl (C=O) groups is 2. The predicted molar refractivity (Wildman–Crippen MR) is 68.8 cm³/mol. The second-order valence-corrected chi connectivity index (χ2v) is 5.57. The Balaban J connectivity index is 2.74. The molecule has 0 bridgehead atoms. The monoisotopic (exact) mass is 267 g/mol. The van der Waals surface area contributed by atoms with E-state index in [0.29, 0.717) is 28.2 Å². The lowest BCUT2D eigenvalue weighted by Gasteiger charge is -2.30. The van der Waals surface area contributed by atoms with Crippen molar-refractivity contribution in [2.45, 2.75) is 27.2 Å². The van der Waals surface area contributed by atoms with Crippen molar-refractivity contribution in [3.63, 3.8) is 0 Å². The van der Waals surface area contributed by atoms with Gasteiger partial charge in [-0.2, -0.15) is 0 Å². The maximum absolute atomic E-state index is 11.2. The van der Waals surface area contributed by atoms with Gasteiger partial charge in [-0.25, -0.2) is 4.79 Å². The summed E-state index contributed by atoms with van der Waals surface area (Å²) >= 11 is 6.26. The molecule has 0 atom stereocenters. The molecule has 0 saturated carbocycles. The van der Waals surface area contributed by atoms with Crippen molar-refractivity contribution in [3.8, 4) is 0 Å². The summed E-state index contributed by atoms with van der Waals surface area (Å²) in [6.07, 6.45) is 1.33. The number of carboxylic acid groups (broad SMARTS) is 1. The third-order valence-corrected chi connectivity index (χ3v) is 3.86. The number of carbonyl (C=O) groups excluding carboxylic acids is 1. The van der Waals surface area contributed by atoms with Crippen LogP contribution in [0.4, 0.5) is 0 Å². The minimum atomic E-state index is -1.02. The Morgan fingerprint density at radius 3 is 2.61 bits per heavy atom. The summed E-state index contributed by atoms with van der Waals surface area (Å²) < 4.78 is 0.